The molecular weight excluding hydrogens is 388 g/mol. The molecule has 1 atom stereocenters. The lowest BCUT2D eigenvalue weighted by atomic mass is 9.89. The van der Waals surface area contributed by atoms with Gasteiger partial charge in [0.2, 0.25) is 11.8 Å². The lowest BCUT2D eigenvalue weighted by Crippen LogP contribution is -2.08. The maximum atomic E-state index is 5.88. The van der Waals surface area contributed by atoms with Gasteiger partial charge in [-0.2, -0.15) is 0 Å². The number of thiophene rings is 1. The predicted molar refractivity (Wildman–Crippen MR) is 113 cm³/mol. The topological polar surface area (TPSA) is 64.7 Å². The third kappa shape index (κ3) is 3.33. The van der Waals surface area contributed by atoms with Gasteiger partial charge in [-0.25, -0.2) is 9.97 Å². The molecule has 1 aromatic carbocycles. The van der Waals surface area contributed by atoms with E-state index >= 15 is 0 Å². The van der Waals surface area contributed by atoms with Crippen molar-refractivity contribution in [3.8, 4) is 11.5 Å². The van der Waals surface area contributed by atoms with Crippen LogP contribution in [0.1, 0.15) is 35.2 Å². The Labute approximate surface area is 171 Å². The van der Waals surface area contributed by atoms with Crippen molar-refractivity contribution >= 4 is 33.3 Å². The first-order valence-electron chi connectivity index (χ1n) is 9.45. The smallest absolute Gasteiger partial charge is 0.247 e. The van der Waals surface area contributed by atoms with Gasteiger partial charge >= 0.3 is 0 Å². The summed E-state index contributed by atoms with van der Waals surface area (Å²) >= 11 is 3.48. The number of rotatable bonds is 4. The highest BCUT2D eigenvalue weighted by atomic mass is 32.2. The molecule has 0 saturated heterocycles. The summed E-state index contributed by atoms with van der Waals surface area (Å²) in [5.41, 5.74) is 3.58. The minimum absolute atomic E-state index is 0.564. The number of nitrogens with zero attached hydrogens (tertiary/aromatic N) is 4. The fourth-order valence-corrected chi connectivity index (χ4v) is 5.97. The molecule has 0 N–H and O–H groups in total. The first kappa shape index (κ1) is 17.8. The van der Waals surface area contributed by atoms with Crippen LogP contribution in [-0.2, 0) is 18.6 Å². The van der Waals surface area contributed by atoms with Crippen LogP contribution in [0.15, 0.2) is 40.0 Å². The second-order valence-electron chi connectivity index (χ2n) is 7.37. The van der Waals surface area contributed by atoms with Crippen molar-refractivity contribution in [3.05, 3.63) is 52.5 Å². The molecule has 0 bridgehead atoms. The van der Waals surface area contributed by atoms with Crippen molar-refractivity contribution in [2.75, 3.05) is 0 Å². The standard InChI is InChI=1S/C21H20N4OS2/c1-12-4-3-5-14(8-12)19-25-24-17(26-19)10-27-20-18-15-7-6-13(2)9-16(15)28-21(18)23-11-22-20/h3-5,8,11,13H,6-7,9-10H2,1-2H3/t13-/m0/s1. The van der Waals surface area contributed by atoms with E-state index in [1.54, 1.807) is 18.1 Å². The molecule has 5 nitrogen and oxygen atoms in total. The molecule has 0 amide bonds. The number of fused-ring (bicyclic) bond motifs is 3. The maximum Gasteiger partial charge on any atom is 0.247 e. The van der Waals surface area contributed by atoms with E-state index in [2.05, 4.69) is 46.1 Å². The predicted octanol–water partition coefficient (Wildman–Crippen LogP) is 5.47. The van der Waals surface area contributed by atoms with Crippen LogP contribution in [-0.4, -0.2) is 20.2 Å². The zero-order valence-electron chi connectivity index (χ0n) is 15.8. The summed E-state index contributed by atoms with van der Waals surface area (Å²) in [7, 11) is 0. The number of aryl methyl sites for hydroxylation is 2. The van der Waals surface area contributed by atoms with Crippen LogP contribution in [0.2, 0.25) is 0 Å². The highest BCUT2D eigenvalue weighted by Gasteiger charge is 2.23. The quantitative estimate of drug-likeness (QED) is 0.330. The molecule has 1 aliphatic rings. The Kier molecular flexibility index (Phi) is 4.64. The summed E-state index contributed by atoms with van der Waals surface area (Å²) in [4.78, 5) is 11.7. The zero-order valence-corrected chi connectivity index (χ0v) is 17.4. The summed E-state index contributed by atoms with van der Waals surface area (Å²) in [5.74, 6) is 2.54. The molecule has 3 aromatic heterocycles. The third-order valence-electron chi connectivity index (χ3n) is 5.12. The molecule has 0 unspecified atom stereocenters. The van der Waals surface area contributed by atoms with Crippen LogP contribution < -0.4 is 0 Å². The molecule has 0 saturated carbocycles. The van der Waals surface area contributed by atoms with Gasteiger partial charge in [0.1, 0.15) is 16.2 Å². The number of benzene rings is 1. The summed E-state index contributed by atoms with van der Waals surface area (Å²) in [6, 6.07) is 8.10. The second-order valence-corrected chi connectivity index (χ2v) is 9.42. The Morgan fingerprint density at radius 2 is 2.18 bits per heavy atom. The molecule has 0 spiro atoms. The van der Waals surface area contributed by atoms with Gasteiger partial charge in [-0.05, 0) is 49.8 Å². The molecule has 0 fully saturated rings. The van der Waals surface area contributed by atoms with Gasteiger partial charge in [-0.1, -0.05) is 36.4 Å². The van der Waals surface area contributed by atoms with Crippen molar-refractivity contribution in [1.82, 2.24) is 20.2 Å². The SMILES string of the molecule is Cc1cccc(-c2nnc(CSc3ncnc4sc5c(c34)CC[C@H](C)C5)o2)c1. The van der Waals surface area contributed by atoms with Gasteiger partial charge in [-0.3, -0.25) is 0 Å². The van der Waals surface area contributed by atoms with E-state index in [1.807, 2.05) is 23.5 Å². The van der Waals surface area contributed by atoms with Crippen molar-refractivity contribution in [1.29, 1.82) is 0 Å². The van der Waals surface area contributed by atoms with Crippen molar-refractivity contribution < 1.29 is 4.42 Å². The van der Waals surface area contributed by atoms with Crippen LogP contribution in [0.4, 0.5) is 0 Å². The average Bonchev–Trinajstić information content (AvgIpc) is 3.30. The summed E-state index contributed by atoms with van der Waals surface area (Å²) in [6.07, 6.45) is 5.18. The Hall–Kier alpha value is -2.25. The first-order chi connectivity index (χ1) is 13.7. The van der Waals surface area contributed by atoms with E-state index in [9.17, 15) is 0 Å². The fourth-order valence-electron chi connectivity index (χ4n) is 3.69. The molecule has 0 aliphatic heterocycles. The van der Waals surface area contributed by atoms with Gasteiger partial charge in [0.25, 0.3) is 0 Å². The van der Waals surface area contributed by atoms with Crippen LogP contribution in [0.25, 0.3) is 21.7 Å². The van der Waals surface area contributed by atoms with Gasteiger partial charge in [0.15, 0.2) is 0 Å². The number of hydrogen-bond acceptors (Lipinski definition) is 7. The summed E-state index contributed by atoms with van der Waals surface area (Å²) < 4.78 is 5.88. The molecular formula is C21H20N4OS2. The molecule has 0 radical (unpaired) electrons. The van der Waals surface area contributed by atoms with E-state index < -0.39 is 0 Å². The minimum Gasteiger partial charge on any atom is -0.420 e. The Bertz CT molecular complexity index is 1150. The Morgan fingerprint density at radius 3 is 3.07 bits per heavy atom. The molecule has 5 rings (SSSR count). The van der Waals surface area contributed by atoms with Crippen LogP contribution in [0.5, 0.6) is 0 Å². The molecule has 1 aliphatic carbocycles. The summed E-state index contributed by atoms with van der Waals surface area (Å²) in [6.45, 7) is 4.38. The highest BCUT2D eigenvalue weighted by Crippen LogP contribution is 2.41. The van der Waals surface area contributed by atoms with Gasteiger partial charge in [-0.15, -0.1) is 21.5 Å². The molecule has 7 heteroatoms. The van der Waals surface area contributed by atoms with Gasteiger partial charge in [0, 0.05) is 15.8 Å². The van der Waals surface area contributed by atoms with Crippen molar-refractivity contribution in [2.24, 2.45) is 5.92 Å². The second kappa shape index (κ2) is 7.29. The van der Waals surface area contributed by atoms with E-state index in [4.69, 9.17) is 4.42 Å². The zero-order chi connectivity index (χ0) is 19.1. The maximum absolute atomic E-state index is 5.88. The normalized spacial score (nSPS) is 16.4. The lowest BCUT2D eigenvalue weighted by Gasteiger charge is -2.18. The van der Waals surface area contributed by atoms with E-state index in [1.165, 1.54) is 27.8 Å². The fraction of sp³-hybridized carbons (Fsp3) is 0.333. The monoisotopic (exact) mass is 408 g/mol. The third-order valence-corrected chi connectivity index (χ3v) is 7.26. The molecule has 4 aromatic rings. The number of aromatic nitrogens is 4. The van der Waals surface area contributed by atoms with Crippen molar-refractivity contribution in [2.45, 2.75) is 43.9 Å². The highest BCUT2D eigenvalue weighted by molar-refractivity contribution is 7.98. The lowest BCUT2D eigenvalue weighted by molar-refractivity contribution is 0.509. The van der Waals surface area contributed by atoms with Crippen LogP contribution >= 0.6 is 23.1 Å². The van der Waals surface area contributed by atoms with E-state index in [0.717, 1.165) is 34.2 Å². The van der Waals surface area contributed by atoms with Crippen LogP contribution in [0, 0.1) is 12.8 Å². The Balaban J connectivity index is 1.40. The molecule has 28 heavy (non-hydrogen) atoms. The van der Waals surface area contributed by atoms with E-state index in [-0.39, 0.29) is 0 Å². The molecule has 142 valence electrons. The molecule has 3 heterocycles. The first-order valence-corrected chi connectivity index (χ1v) is 11.2. The number of thioether (sulfide) groups is 1. The summed E-state index contributed by atoms with van der Waals surface area (Å²) in [5, 5.41) is 10.7. The average molecular weight is 409 g/mol. The Morgan fingerprint density at radius 1 is 1.25 bits per heavy atom. The number of hydrogen-bond donors (Lipinski definition) is 0. The van der Waals surface area contributed by atoms with E-state index in [0.29, 0.717) is 17.5 Å². The van der Waals surface area contributed by atoms with Crippen molar-refractivity contribution in [3.63, 3.8) is 0 Å². The largest absolute Gasteiger partial charge is 0.420 e. The van der Waals surface area contributed by atoms with Gasteiger partial charge in [0.05, 0.1) is 5.75 Å². The van der Waals surface area contributed by atoms with Gasteiger partial charge < -0.3 is 4.42 Å². The minimum atomic E-state index is 0.564. The van der Waals surface area contributed by atoms with Crippen LogP contribution in [0.3, 0.4) is 0 Å².